The Morgan fingerprint density at radius 2 is 2.10 bits per heavy atom. The molecule has 0 aliphatic heterocycles. The van der Waals surface area contributed by atoms with Gasteiger partial charge in [0.2, 0.25) is 15.9 Å². The van der Waals surface area contributed by atoms with Crippen LogP contribution in [0.1, 0.15) is 13.3 Å². The predicted octanol–water partition coefficient (Wildman–Crippen LogP) is 0.555. The number of carbonyl (C=O) groups is 1. The van der Waals surface area contributed by atoms with Crippen LogP contribution in [0.2, 0.25) is 0 Å². The van der Waals surface area contributed by atoms with E-state index in [-0.39, 0.29) is 23.7 Å². The average Bonchev–Trinajstić information content (AvgIpc) is 2.40. The van der Waals surface area contributed by atoms with Crippen molar-refractivity contribution in [1.29, 1.82) is 0 Å². The van der Waals surface area contributed by atoms with Crippen molar-refractivity contribution >= 4 is 21.6 Å². The van der Waals surface area contributed by atoms with Gasteiger partial charge in [0.05, 0.1) is 17.1 Å². The molecule has 0 aliphatic rings. The molecule has 1 aromatic carbocycles. The smallest absolute Gasteiger partial charge is 0.243 e. The number of nitrogens with two attached hydrogens (primary N) is 1. The van der Waals surface area contributed by atoms with Crippen LogP contribution < -0.4 is 11.1 Å². The maximum absolute atomic E-state index is 13.4. The van der Waals surface area contributed by atoms with Gasteiger partial charge in [0, 0.05) is 13.6 Å². The van der Waals surface area contributed by atoms with E-state index < -0.39 is 21.7 Å². The summed E-state index contributed by atoms with van der Waals surface area (Å²) >= 11 is 0. The number of halogens is 1. The third kappa shape index (κ3) is 3.67. The Morgan fingerprint density at radius 3 is 2.60 bits per heavy atom. The Labute approximate surface area is 117 Å². The van der Waals surface area contributed by atoms with Gasteiger partial charge in [-0.2, -0.15) is 4.31 Å². The first-order chi connectivity index (χ1) is 9.32. The van der Waals surface area contributed by atoms with E-state index >= 15 is 0 Å². The Hall–Kier alpha value is -1.67. The Bertz CT molecular complexity index is 590. The van der Waals surface area contributed by atoms with Crippen LogP contribution in [0.4, 0.5) is 10.1 Å². The molecular formula is C12H18FN3O3S. The molecular weight excluding hydrogens is 285 g/mol. The van der Waals surface area contributed by atoms with Crippen molar-refractivity contribution in [2.45, 2.75) is 18.2 Å². The van der Waals surface area contributed by atoms with Gasteiger partial charge in [0.1, 0.15) is 5.82 Å². The summed E-state index contributed by atoms with van der Waals surface area (Å²) in [7, 11) is -2.51. The highest BCUT2D eigenvalue weighted by molar-refractivity contribution is 7.89. The first-order valence-corrected chi connectivity index (χ1v) is 7.52. The molecule has 0 saturated carbocycles. The number of rotatable bonds is 6. The monoisotopic (exact) mass is 303 g/mol. The maximum atomic E-state index is 13.4. The number of likely N-dealkylation sites (N-methyl/N-ethyl adjacent to an activating group) is 1. The quantitative estimate of drug-likeness (QED) is 0.751. The highest BCUT2D eigenvalue weighted by Crippen LogP contribution is 2.20. The van der Waals surface area contributed by atoms with Crippen LogP contribution >= 0.6 is 0 Å². The summed E-state index contributed by atoms with van der Waals surface area (Å²) in [5.74, 6) is -1.24. The maximum Gasteiger partial charge on any atom is 0.243 e. The molecule has 6 nitrogen and oxygen atoms in total. The summed E-state index contributed by atoms with van der Waals surface area (Å²) in [5, 5.41) is 2.36. The molecule has 0 spiro atoms. The van der Waals surface area contributed by atoms with Gasteiger partial charge in [-0.1, -0.05) is 6.92 Å². The lowest BCUT2D eigenvalue weighted by Crippen LogP contribution is -2.40. The molecule has 1 amide bonds. The Morgan fingerprint density at radius 1 is 1.45 bits per heavy atom. The molecule has 8 heteroatoms. The number of amides is 1. The van der Waals surface area contributed by atoms with Crippen LogP contribution in [0.25, 0.3) is 0 Å². The highest BCUT2D eigenvalue weighted by atomic mass is 32.2. The van der Waals surface area contributed by atoms with Crippen molar-refractivity contribution in [3.05, 3.63) is 24.0 Å². The second-order valence-corrected chi connectivity index (χ2v) is 6.13. The SMILES string of the molecule is CCCN(CC(=O)NC)S(=O)(=O)c1ccc(N)c(F)c1. The molecule has 0 unspecified atom stereocenters. The molecule has 3 N–H and O–H groups in total. The topological polar surface area (TPSA) is 92.5 Å². The molecule has 0 atom stereocenters. The number of hydrogen-bond donors (Lipinski definition) is 2. The number of nitrogens with zero attached hydrogens (tertiary/aromatic N) is 1. The van der Waals surface area contributed by atoms with Crippen molar-refractivity contribution in [1.82, 2.24) is 9.62 Å². The number of carbonyl (C=O) groups excluding carboxylic acids is 1. The number of sulfonamides is 1. The zero-order chi connectivity index (χ0) is 15.3. The molecule has 0 saturated heterocycles. The van der Waals surface area contributed by atoms with Crippen molar-refractivity contribution in [3.63, 3.8) is 0 Å². The van der Waals surface area contributed by atoms with Gasteiger partial charge < -0.3 is 11.1 Å². The normalized spacial score (nSPS) is 11.6. The Kier molecular flexibility index (Phi) is 5.46. The summed E-state index contributed by atoms with van der Waals surface area (Å²) in [4.78, 5) is 11.2. The van der Waals surface area contributed by atoms with Crippen LogP contribution in [0.5, 0.6) is 0 Å². The zero-order valence-electron chi connectivity index (χ0n) is 11.4. The van der Waals surface area contributed by atoms with Crippen LogP contribution in [0, 0.1) is 5.82 Å². The third-order valence-electron chi connectivity index (χ3n) is 2.68. The molecule has 0 bridgehead atoms. The minimum atomic E-state index is -3.93. The van der Waals surface area contributed by atoms with Gasteiger partial charge in [-0.25, -0.2) is 12.8 Å². The average molecular weight is 303 g/mol. The van der Waals surface area contributed by atoms with E-state index in [4.69, 9.17) is 5.73 Å². The second-order valence-electron chi connectivity index (χ2n) is 4.20. The number of hydrogen-bond acceptors (Lipinski definition) is 4. The van der Waals surface area contributed by atoms with Crippen molar-refractivity contribution in [2.75, 3.05) is 25.9 Å². The second kappa shape index (κ2) is 6.67. The summed E-state index contributed by atoms with van der Waals surface area (Å²) in [6.07, 6.45) is 0.535. The summed E-state index contributed by atoms with van der Waals surface area (Å²) in [5.41, 5.74) is 5.19. The summed E-state index contributed by atoms with van der Waals surface area (Å²) < 4.78 is 39.2. The molecule has 0 aromatic heterocycles. The number of anilines is 1. The lowest BCUT2D eigenvalue weighted by molar-refractivity contribution is -0.120. The summed E-state index contributed by atoms with van der Waals surface area (Å²) in [6.45, 7) is 1.65. The summed E-state index contributed by atoms with van der Waals surface area (Å²) in [6, 6.07) is 3.27. The van der Waals surface area contributed by atoms with Crippen molar-refractivity contribution in [2.24, 2.45) is 0 Å². The van der Waals surface area contributed by atoms with E-state index in [2.05, 4.69) is 5.32 Å². The fraction of sp³-hybridized carbons (Fsp3) is 0.417. The standard InChI is InChI=1S/C12H18FN3O3S/c1-3-6-16(8-12(17)15-2)20(18,19)9-4-5-11(14)10(13)7-9/h4-5,7H,3,6,8,14H2,1-2H3,(H,15,17). The fourth-order valence-corrected chi connectivity index (χ4v) is 3.09. The number of nitrogens with one attached hydrogen (secondary N) is 1. The van der Waals surface area contributed by atoms with Gasteiger partial charge in [0.15, 0.2) is 0 Å². The first kappa shape index (κ1) is 16.4. The molecule has 0 fully saturated rings. The third-order valence-corrected chi connectivity index (χ3v) is 4.52. The molecule has 1 rings (SSSR count). The van der Waals surface area contributed by atoms with E-state index in [1.54, 1.807) is 6.92 Å². The molecule has 1 aromatic rings. The van der Waals surface area contributed by atoms with E-state index in [9.17, 15) is 17.6 Å². The molecule has 0 aliphatic carbocycles. The lowest BCUT2D eigenvalue weighted by Gasteiger charge is -2.20. The van der Waals surface area contributed by atoms with Crippen LogP contribution in [-0.2, 0) is 14.8 Å². The van der Waals surface area contributed by atoms with Gasteiger partial charge in [-0.3, -0.25) is 4.79 Å². The molecule has 112 valence electrons. The minimum absolute atomic E-state index is 0.128. The van der Waals surface area contributed by atoms with E-state index in [0.29, 0.717) is 6.42 Å². The van der Waals surface area contributed by atoms with Crippen molar-refractivity contribution < 1.29 is 17.6 Å². The molecule has 20 heavy (non-hydrogen) atoms. The first-order valence-electron chi connectivity index (χ1n) is 6.08. The van der Waals surface area contributed by atoms with E-state index in [1.165, 1.54) is 19.2 Å². The fourth-order valence-electron chi connectivity index (χ4n) is 1.59. The van der Waals surface area contributed by atoms with Gasteiger partial charge in [-0.05, 0) is 24.6 Å². The largest absolute Gasteiger partial charge is 0.396 e. The molecule has 0 heterocycles. The highest BCUT2D eigenvalue weighted by Gasteiger charge is 2.26. The van der Waals surface area contributed by atoms with Gasteiger partial charge in [0.25, 0.3) is 0 Å². The zero-order valence-corrected chi connectivity index (χ0v) is 12.2. The lowest BCUT2D eigenvalue weighted by atomic mass is 10.3. The number of benzene rings is 1. The number of nitrogen functional groups attached to an aromatic ring is 1. The van der Waals surface area contributed by atoms with Crippen LogP contribution in [0.15, 0.2) is 23.1 Å². The van der Waals surface area contributed by atoms with Crippen LogP contribution in [-0.4, -0.2) is 38.8 Å². The van der Waals surface area contributed by atoms with E-state index in [1.807, 2.05) is 0 Å². The minimum Gasteiger partial charge on any atom is -0.396 e. The van der Waals surface area contributed by atoms with Crippen molar-refractivity contribution in [3.8, 4) is 0 Å². The van der Waals surface area contributed by atoms with Crippen LogP contribution in [0.3, 0.4) is 0 Å². The van der Waals surface area contributed by atoms with Gasteiger partial charge >= 0.3 is 0 Å². The molecule has 0 radical (unpaired) electrons. The van der Waals surface area contributed by atoms with E-state index in [0.717, 1.165) is 10.4 Å². The van der Waals surface area contributed by atoms with Gasteiger partial charge in [-0.15, -0.1) is 0 Å². The predicted molar refractivity (Wildman–Crippen MR) is 73.9 cm³/mol. The Balaban J connectivity index is 3.14.